The summed E-state index contributed by atoms with van der Waals surface area (Å²) in [5, 5.41) is 18.1. The molecule has 0 aliphatic heterocycles. The van der Waals surface area contributed by atoms with Crippen molar-refractivity contribution in [2.75, 3.05) is 0 Å². The molecule has 1 aromatic rings. The molecule has 0 spiro atoms. The molecule has 0 atom stereocenters. The number of phenols is 2. The minimum absolute atomic E-state index is 0.0787. The van der Waals surface area contributed by atoms with E-state index in [1.54, 1.807) is 0 Å². The predicted molar refractivity (Wildman–Crippen MR) is 48.2 cm³/mol. The van der Waals surface area contributed by atoms with Crippen LogP contribution in [0.4, 0.5) is 0 Å². The van der Waals surface area contributed by atoms with Gasteiger partial charge in [-0.2, -0.15) is 0 Å². The van der Waals surface area contributed by atoms with Crippen LogP contribution in [0.1, 0.15) is 5.56 Å². The van der Waals surface area contributed by atoms with Crippen molar-refractivity contribution >= 4 is 19.7 Å². The minimum atomic E-state index is -3.72. The fourth-order valence-corrected chi connectivity index (χ4v) is 1.83. The van der Waals surface area contributed by atoms with Crippen LogP contribution in [0.2, 0.25) is 0 Å². The number of halogens is 1. The van der Waals surface area contributed by atoms with Crippen LogP contribution < -0.4 is 0 Å². The van der Waals surface area contributed by atoms with Crippen molar-refractivity contribution in [1.29, 1.82) is 0 Å². The van der Waals surface area contributed by atoms with Gasteiger partial charge < -0.3 is 10.2 Å². The summed E-state index contributed by atoms with van der Waals surface area (Å²) in [6.07, 6.45) is 0. The van der Waals surface area contributed by atoms with Gasteiger partial charge in [0.2, 0.25) is 9.05 Å². The van der Waals surface area contributed by atoms with Crippen molar-refractivity contribution in [3.8, 4) is 11.5 Å². The largest absolute Gasteiger partial charge is 0.508 e. The van der Waals surface area contributed by atoms with Gasteiger partial charge in [0.15, 0.2) is 0 Å². The standard InChI is InChI=1S/C7H7ClO4S/c8-13(11,12)4-5-3-6(9)1-2-7(5)10/h1-3,9-10H,4H2. The maximum atomic E-state index is 10.6. The van der Waals surface area contributed by atoms with Gasteiger partial charge >= 0.3 is 0 Å². The van der Waals surface area contributed by atoms with E-state index >= 15 is 0 Å². The number of hydrogen-bond acceptors (Lipinski definition) is 4. The summed E-state index contributed by atoms with van der Waals surface area (Å²) in [6.45, 7) is 0. The van der Waals surface area contributed by atoms with Gasteiger partial charge in [-0.25, -0.2) is 8.42 Å². The van der Waals surface area contributed by atoms with Crippen molar-refractivity contribution in [3.63, 3.8) is 0 Å². The smallest absolute Gasteiger partial charge is 0.236 e. The van der Waals surface area contributed by atoms with Crippen molar-refractivity contribution in [2.45, 2.75) is 5.75 Å². The molecule has 4 nitrogen and oxygen atoms in total. The Labute approximate surface area is 79.8 Å². The fraction of sp³-hybridized carbons (Fsp3) is 0.143. The Hall–Kier alpha value is -0.940. The molecule has 0 fully saturated rings. The molecule has 13 heavy (non-hydrogen) atoms. The van der Waals surface area contributed by atoms with Crippen LogP contribution in [0.5, 0.6) is 11.5 Å². The fourth-order valence-electron chi connectivity index (χ4n) is 0.873. The maximum absolute atomic E-state index is 10.6. The van der Waals surface area contributed by atoms with Gasteiger partial charge in [0, 0.05) is 16.2 Å². The lowest BCUT2D eigenvalue weighted by atomic mass is 10.2. The molecule has 0 radical (unpaired) electrons. The second kappa shape index (κ2) is 3.43. The minimum Gasteiger partial charge on any atom is -0.508 e. The van der Waals surface area contributed by atoms with Crippen LogP contribution in [0.15, 0.2) is 18.2 Å². The predicted octanol–water partition coefficient (Wildman–Crippen LogP) is 1.17. The summed E-state index contributed by atoms with van der Waals surface area (Å²) in [7, 11) is 1.26. The quantitative estimate of drug-likeness (QED) is 0.582. The lowest BCUT2D eigenvalue weighted by Crippen LogP contribution is -1.95. The molecule has 0 heterocycles. The van der Waals surface area contributed by atoms with Gasteiger partial charge in [-0.1, -0.05) is 0 Å². The van der Waals surface area contributed by atoms with Crippen LogP contribution in [0.25, 0.3) is 0 Å². The number of benzene rings is 1. The summed E-state index contributed by atoms with van der Waals surface area (Å²) in [5.41, 5.74) is 0.0787. The monoisotopic (exact) mass is 222 g/mol. The molecule has 1 rings (SSSR count). The molecule has 1 aromatic carbocycles. The number of hydrogen-bond donors (Lipinski definition) is 2. The van der Waals surface area contributed by atoms with Crippen LogP contribution in [-0.4, -0.2) is 18.6 Å². The van der Waals surface area contributed by atoms with Crippen molar-refractivity contribution in [2.24, 2.45) is 0 Å². The third kappa shape index (κ3) is 3.12. The molecule has 0 amide bonds. The molecule has 6 heteroatoms. The topological polar surface area (TPSA) is 74.6 Å². The summed E-state index contributed by atoms with van der Waals surface area (Å²) in [6, 6.07) is 3.60. The van der Waals surface area contributed by atoms with Crippen LogP contribution in [0.3, 0.4) is 0 Å². The molecule has 0 bridgehead atoms. The zero-order valence-electron chi connectivity index (χ0n) is 6.44. The highest BCUT2D eigenvalue weighted by molar-refractivity contribution is 8.13. The van der Waals surface area contributed by atoms with Crippen molar-refractivity contribution < 1.29 is 18.6 Å². The maximum Gasteiger partial charge on any atom is 0.236 e. The Kier molecular flexibility index (Phi) is 2.68. The molecule has 72 valence electrons. The highest BCUT2D eigenvalue weighted by Gasteiger charge is 2.11. The molecule has 0 aliphatic rings. The SMILES string of the molecule is O=S(=O)(Cl)Cc1cc(O)ccc1O. The van der Waals surface area contributed by atoms with Gasteiger partial charge in [-0.05, 0) is 18.2 Å². The van der Waals surface area contributed by atoms with Crippen LogP contribution in [0, 0.1) is 0 Å². The highest BCUT2D eigenvalue weighted by atomic mass is 35.7. The van der Waals surface area contributed by atoms with E-state index in [0.29, 0.717) is 0 Å². The molecule has 0 saturated carbocycles. The van der Waals surface area contributed by atoms with E-state index in [1.807, 2.05) is 0 Å². The van der Waals surface area contributed by atoms with E-state index in [0.717, 1.165) is 6.07 Å². The molecule has 0 aromatic heterocycles. The second-order valence-electron chi connectivity index (χ2n) is 2.50. The van der Waals surface area contributed by atoms with E-state index in [-0.39, 0.29) is 17.1 Å². The van der Waals surface area contributed by atoms with E-state index in [4.69, 9.17) is 20.9 Å². The molecule has 0 unspecified atom stereocenters. The van der Waals surface area contributed by atoms with Crippen LogP contribution in [-0.2, 0) is 14.8 Å². The van der Waals surface area contributed by atoms with E-state index in [9.17, 15) is 8.42 Å². The number of phenolic OH excluding ortho intramolecular Hbond substituents is 2. The van der Waals surface area contributed by atoms with E-state index in [1.165, 1.54) is 12.1 Å². The van der Waals surface area contributed by atoms with Crippen molar-refractivity contribution in [3.05, 3.63) is 23.8 Å². The Morgan fingerprint density at radius 2 is 1.92 bits per heavy atom. The average molecular weight is 223 g/mol. The average Bonchev–Trinajstić information content (AvgIpc) is 1.94. The third-order valence-corrected chi connectivity index (χ3v) is 2.37. The van der Waals surface area contributed by atoms with Crippen LogP contribution >= 0.6 is 10.7 Å². The number of aromatic hydroxyl groups is 2. The van der Waals surface area contributed by atoms with Gasteiger partial charge in [-0.3, -0.25) is 0 Å². The molecular formula is C7H7ClO4S. The Balaban J connectivity index is 3.08. The van der Waals surface area contributed by atoms with E-state index in [2.05, 4.69) is 0 Å². The molecule has 0 saturated heterocycles. The zero-order valence-corrected chi connectivity index (χ0v) is 8.01. The summed E-state index contributed by atoms with van der Waals surface area (Å²) in [4.78, 5) is 0. The first kappa shape index (κ1) is 10.1. The first-order chi connectivity index (χ1) is 5.88. The second-order valence-corrected chi connectivity index (χ2v) is 5.27. The number of rotatable bonds is 2. The normalized spacial score (nSPS) is 11.5. The Morgan fingerprint density at radius 3 is 2.46 bits per heavy atom. The van der Waals surface area contributed by atoms with E-state index < -0.39 is 14.8 Å². The van der Waals surface area contributed by atoms with Gasteiger partial charge in [0.25, 0.3) is 0 Å². The van der Waals surface area contributed by atoms with Crippen molar-refractivity contribution in [1.82, 2.24) is 0 Å². The van der Waals surface area contributed by atoms with Gasteiger partial charge in [0.05, 0.1) is 5.75 Å². The van der Waals surface area contributed by atoms with Gasteiger partial charge in [-0.15, -0.1) is 0 Å². The first-order valence-corrected chi connectivity index (χ1v) is 5.79. The molecular weight excluding hydrogens is 216 g/mol. The summed E-state index contributed by atoms with van der Waals surface area (Å²) >= 11 is 0. The lowest BCUT2D eigenvalue weighted by Gasteiger charge is -2.01. The highest BCUT2D eigenvalue weighted by Crippen LogP contribution is 2.24. The Morgan fingerprint density at radius 1 is 1.31 bits per heavy atom. The third-order valence-electron chi connectivity index (χ3n) is 1.39. The summed E-state index contributed by atoms with van der Waals surface area (Å²) in [5.74, 6) is -0.829. The molecule has 0 aliphatic carbocycles. The summed E-state index contributed by atoms with van der Waals surface area (Å²) < 4.78 is 21.3. The first-order valence-electron chi connectivity index (χ1n) is 3.32. The van der Waals surface area contributed by atoms with Gasteiger partial charge in [0.1, 0.15) is 11.5 Å². The zero-order chi connectivity index (χ0) is 10.1. The molecule has 2 N–H and O–H groups in total. The Bertz CT molecular complexity index is 413. The lowest BCUT2D eigenvalue weighted by molar-refractivity contribution is 0.456.